The average Bonchev–Trinajstić information content (AvgIpc) is 3.32. The fourth-order valence-corrected chi connectivity index (χ4v) is 4.60. The van der Waals surface area contributed by atoms with Crippen molar-refractivity contribution in [3.05, 3.63) is 28.5 Å². The lowest BCUT2D eigenvalue weighted by atomic mass is 9.97. The minimum Gasteiger partial charge on any atom is -0.389 e. The standard InChI is InChI=1S/C20H28F2N4O2S.C6H9F2NO/c1-11-15(29-18(26-11)17(27)25-10-20(5,6)28)13-8-23-14(7-12(13)16(21)22)24-9-19(2,3)4;1-5-2-6(7,8)3-9(5)4-10/h7-8,16,28H,9-10H2,1-6H3,(H,23,24)(H,25,27);4-5H,2-3H2,1H3. The van der Waals surface area contributed by atoms with Gasteiger partial charge in [0.2, 0.25) is 6.41 Å². The molecule has 0 aliphatic carbocycles. The van der Waals surface area contributed by atoms with Crippen LogP contribution in [0.15, 0.2) is 12.3 Å². The van der Waals surface area contributed by atoms with Gasteiger partial charge in [0.1, 0.15) is 5.82 Å². The third-order valence-corrected chi connectivity index (χ3v) is 6.79. The summed E-state index contributed by atoms with van der Waals surface area (Å²) in [5.41, 5.74) is -0.509. The quantitative estimate of drug-likeness (QED) is 0.292. The molecule has 1 fully saturated rings. The Morgan fingerprint density at radius 2 is 1.92 bits per heavy atom. The zero-order valence-electron chi connectivity index (χ0n) is 23.2. The molecule has 8 nitrogen and oxygen atoms in total. The normalized spacial score (nSPS) is 17.1. The van der Waals surface area contributed by atoms with Gasteiger partial charge in [-0.25, -0.2) is 27.5 Å². The first kappa shape index (κ1) is 32.4. The van der Waals surface area contributed by atoms with Crippen LogP contribution in [0.2, 0.25) is 0 Å². The van der Waals surface area contributed by atoms with Crippen molar-refractivity contribution in [2.24, 2.45) is 5.41 Å². The van der Waals surface area contributed by atoms with E-state index in [-0.39, 0.29) is 40.6 Å². The first-order valence-corrected chi connectivity index (χ1v) is 13.2. The number of carbonyl (C=O) groups excluding carboxylic acids is 2. The van der Waals surface area contributed by atoms with Crippen molar-refractivity contribution in [2.75, 3.05) is 25.0 Å². The molecule has 218 valence electrons. The predicted molar refractivity (Wildman–Crippen MR) is 143 cm³/mol. The average molecular weight is 576 g/mol. The highest BCUT2D eigenvalue weighted by Gasteiger charge is 2.42. The summed E-state index contributed by atoms with van der Waals surface area (Å²) in [5.74, 6) is -2.74. The fourth-order valence-electron chi connectivity index (χ4n) is 3.59. The third-order valence-electron chi connectivity index (χ3n) is 5.60. The topological polar surface area (TPSA) is 107 Å². The summed E-state index contributed by atoms with van der Waals surface area (Å²) >= 11 is 1.03. The van der Waals surface area contributed by atoms with Crippen LogP contribution in [0.4, 0.5) is 23.4 Å². The highest BCUT2D eigenvalue weighted by molar-refractivity contribution is 7.17. The molecule has 0 spiro atoms. The molecule has 1 saturated heterocycles. The van der Waals surface area contributed by atoms with Crippen molar-refractivity contribution in [3.8, 4) is 10.4 Å². The van der Waals surface area contributed by atoms with Crippen LogP contribution >= 0.6 is 11.3 Å². The molecule has 0 aromatic carbocycles. The Balaban J connectivity index is 0.000000446. The van der Waals surface area contributed by atoms with Gasteiger partial charge in [0.05, 0.1) is 22.7 Å². The maximum atomic E-state index is 13.7. The number of likely N-dealkylation sites (tertiary alicyclic amines) is 1. The number of aryl methyl sites for hydroxylation is 1. The number of anilines is 1. The molecule has 2 aromatic rings. The number of aromatic nitrogens is 2. The highest BCUT2D eigenvalue weighted by atomic mass is 32.1. The molecule has 3 N–H and O–H groups in total. The number of halogens is 4. The van der Waals surface area contributed by atoms with Gasteiger partial charge in [-0.2, -0.15) is 0 Å². The van der Waals surface area contributed by atoms with E-state index in [2.05, 4.69) is 20.6 Å². The third kappa shape index (κ3) is 10.0. The molecule has 2 aromatic heterocycles. The molecule has 39 heavy (non-hydrogen) atoms. The summed E-state index contributed by atoms with van der Waals surface area (Å²) in [6, 6.07) is 1.03. The van der Waals surface area contributed by atoms with Crippen LogP contribution in [0.1, 0.15) is 75.4 Å². The minimum atomic E-state index is -2.70. The van der Waals surface area contributed by atoms with Crippen LogP contribution in [-0.4, -0.2) is 69.5 Å². The van der Waals surface area contributed by atoms with Gasteiger partial charge in [0.15, 0.2) is 5.01 Å². The number of aliphatic hydroxyl groups is 1. The first-order valence-electron chi connectivity index (χ1n) is 12.4. The SMILES string of the molecule is CC1CC(F)(F)CN1C=O.Cc1nc(C(=O)NCC(C)(C)O)sc1-c1cnc(NCC(C)(C)C)cc1C(F)F. The van der Waals surface area contributed by atoms with Gasteiger partial charge < -0.3 is 20.6 Å². The lowest BCUT2D eigenvalue weighted by molar-refractivity contribution is -0.119. The lowest BCUT2D eigenvalue weighted by Crippen LogP contribution is -2.38. The van der Waals surface area contributed by atoms with Crippen molar-refractivity contribution < 1.29 is 32.3 Å². The Hall–Kier alpha value is -2.80. The number of carbonyl (C=O) groups is 2. The number of pyridine rings is 1. The number of thiazole rings is 1. The maximum Gasteiger partial charge on any atom is 0.280 e. The van der Waals surface area contributed by atoms with Crippen molar-refractivity contribution in [1.29, 1.82) is 0 Å². The highest BCUT2D eigenvalue weighted by Crippen LogP contribution is 2.37. The number of nitrogens with one attached hydrogen (secondary N) is 2. The second kappa shape index (κ2) is 12.6. The van der Waals surface area contributed by atoms with Crippen LogP contribution in [0, 0.1) is 12.3 Å². The number of alkyl halides is 4. The number of rotatable bonds is 8. The molecular formula is C26H37F4N5O3S. The van der Waals surface area contributed by atoms with E-state index in [0.717, 1.165) is 16.2 Å². The summed E-state index contributed by atoms with van der Waals surface area (Å²) in [7, 11) is 0. The van der Waals surface area contributed by atoms with Gasteiger partial charge >= 0.3 is 0 Å². The molecule has 3 rings (SSSR count). The van der Waals surface area contributed by atoms with E-state index in [1.54, 1.807) is 27.7 Å². The monoisotopic (exact) mass is 575 g/mol. The van der Waals surface area contributed by atoms with Crippen LogP contribution < -0.4 is 10.6 Å². The van der Waals surface area contributed by atoms with Crippen molar-refractivity contribution in [1.82, 2.24) is 20.2 Å². The van der Waals surface area contributed by atoms with Crippen molar-refractivity contribution >= 4 is 29.5 Å². The molecule has 0 radical (unpaired) electrons. The lowest BCUT2D eigenvalue weighted by Gasteiger charge is -2.19. The van der Waals surface area contributed by atoms with E-state index < -0.39 is 30.4 Å². The molecule has 3 heterocycles. The Kier molecular flexibility index (Phi) is 10.5. The molecule has 1 aliphatic heterocycles. The van der Waals surface area contributed by atoms with E-state index in [4.69, 9.17) is 0 Å². The van der Waals surface area contributed by atoms with E-state index in [1.165, 1.54) is 12.3 Å². The van der Waals surface area contributed by atoms with Gasteiger partial charge in [-0.05, 0) is 39.2 Å². The molecule has 0 bridgehead atoms. The van der Waals surface area contributed by atoms with Crippen LogP contribution in [-0.2, 0) is 4.79 Å². The molecular weight excluding hydrogens is 538 g/mol. The molecule has 1 aliphatic rings. The minimum absolute atomic E-state index is 0.0228. The summed E-state index contributed by atoms with van der Waals surface area (Å²) in [4.78, 5) is 32.5. The van der Waals surface area contributed by atoms with Gasteiger partial charge in [0.25, 0.3) is 18.3 Å². The van der Waals surface area contributed by atoms with Crippen molar-refractivity contribution in [3.63, 3.8) is 0 Å². The van der Waals surface area contributed by atoms with E-state index in [1.807, 2.05) is 20.8 Å². The van der Waals surface area contributed by atoms with Crippen LogP contribution in [0.5, 0.6) is 0 Å². The molecule has 13 heteroatoms. The zero-order valence-corrected chi connectivity index (χ0v) is 24.1. The summed E-state index contributed by atoms with van der Waals surface area (Å²) < 4.78 is 52.3. The molecule has 0 saturated carbocycles. The Morgan fingerprint density at radius 3 is 2.38 bits per heavy atom. The molecule has 2 amide bonds. The van der Waals surface area contributed by atoms with Crippen LogP contribution in [0.3, 0.4) is 0 Å². The Morgan fingerprint density at radius 1 is 1.28 bits per heavy atom. The second-order valence-electron chi connectivity index (χ2n) is 11.5. The van der Waals surface area contributed by atoms with Crippen LogP contribution in [0.25, 0.3) is 10.4 Å². The predicted octanol–water partition coefficient (Wildman–Crippen LogP) is 5.28. The van der Waals surface area contributed by atoms with Gasteiger partial charge in [-0.1, -0.05) is 20.8 Å². The smallest absolute Gasteiger partial charge is 0.280 e. The van der Waals surface area contributed by atoms with Crippen molar-refractivity contribution in [2.45, 2.75) is 78.9 Å². The largest absolute Gasteiger partial charge is 0.389 e. The number of hydrogen-bond donors (Lipinski definition) is 3. The van der Waals surface area contributed by atoms with E-state index in [9.17, 15) is 32.3 Å². The molecule has 1 atom stereocenters. The van der Waals surface area contributed by atoms with E-state index >= 15 is 0 Å². The Bertz CT molecular complexity index is 1150. The van der Waals surface area contributed by atoms with Gasteiger partial charge in [-0.15, -0.1) is 11.3 Å². The second-order valence-corrected chi connectivity index (χ2v) is 12.5. The number of nitrogens with zero attached hydrogens (tertiary/aromatic N) is 3. The summed E-state index contributed by atoms with van der Waals surface area (Å²) in [5, 5.41) is 15.6. The summed E-state index contributed by atoms with van der Waals surface area (Å²) in [6.45, 7) is 12.8. The Labute approximate surface area is 230 Å². The molecule has 1 unspecified atom stereocenters. The zero-order chi connectivity index (χ0) is 29.8. The fraction of sp³-hybridized carbons (Fsp3) is 0.615. The maximum absolute atomic E-state index is 13.7. The first-order chi connectivity index (χ1) is 17.8. The van der Waals surface area contributed by atoms with Gasteiger partial charge in [0, 0.05) is 42.9 Å². The number of hydrogen-bond acceptors (Lipinski definition) is 7. The van der Waals surface area contributed by atoms with E-state index in [0.29, 0.717) is 29.3 Å². The number of amides is 2. The summed E-state index contributed by atoms with van der Waals surface area (Å²) in [6.07, 6.45) is -1.03. The van der Waals surface area contributed by atoms with Gasteiger partial charge in [-0.3, -0.25) is 9.59 Å².